The molecule has 0 saturated carbocycles. The Bertz CT molecular complexity index is 1240. The van der Waals surface area contributed by atoms with E-state index in [1.165, 1.54) is 43.3 Å². The van der Waals surface area contributed by atoms with E-state index in [2.05, 4.69) is 28.8 Å². The normalized spacial score (nSPS) is 13.1. The molecule has 1 heterocycles. The first-order chi connectivity index (χ1) is 18.9. The van der Waals surface area contributed by atoms with Crippen LogP contribution in [-0.4, -0.2) is 46.5 Å². The average molecular weight is 551 g/mol. The molecule has 8 nitrogen and oxygen atoms in total. The van der Waals surface area contributed by atoms with Crippen molar-refractivity contribution in [3.05, 3.63) is 59.2 Å². The van der Waals surface area contributed by atoms with Gasteiger partial charge in [-0.2, -0.15) is 5.10 Å². The minimum absolute atomic E-state index is 0.0723. The number of nitrogens with one attached hydrogen (secondary N) is 2. The minimum Gasteiger partial charge on any atom is -0.464 e. The third-order valence-corrected chi connectivity index (χ3v) is 7.19. The Labute approximate surface area is 236 Å². The first-order valence-electron chi connectivity index (χ1n) is 13.7. The Balaban J connectivity index is 1.78. The van der Waals surface area contributed by atoms with Crippen LogP contribution < -0.4 is 10.7 Å². The van der Waals surface area contributed by atoms with Crippen LogP contribution in [0.4, 0.5) is 11.4 Å². The molecule has 39 heavy (non-hydrogen) atoms. The predicted molar refractivity (Wildman–Crippen MR) is 160 cm³/mol. The quantitative estimate of drug-likeness (QED) is 0.0704. The molecule has 2 amide bonds. The van der Waals surface area contributed by atoms with Crippen molar-refractivity contribution in [1.82, 2.24) is 4.90 Å². The first kappa shape index (κ1) is 30.0. The minimum atomic E-state index is -0.735. The molecular weight excluding hydrogens is 512 g/mol. The number of aryl methyl sites for hydroxylation is 1. The summed E-state index contributed by atoms with van der Waals surface area (Å²) < 4.78 is 4.91. The molecule has 0 aromatic heterocycles. The van der Waals surface area contributed by atoms with Gasteiger partial charge in [0.2, 0.25) is 5.71 Å². The number of carbonyl (C=O) groups excluding carboxylic acids is 3. The number of ether oxygens (including phenoxy) is 1. The molecule has 3 rings (SSSR count). The van der Waals surface area contributed by atoms with Gasteiger partial charge in [0.05, 0.1) is 23.9 Å². The fourth-order valence-electron chi connectivity index (χ4n) is 4.71. The zero-order valence-corrected chi connectivity index (χ0v) is 24.0. The molecule has 0 saturated heterocycles. The lowest BCUT2D eigenvalue weighted by Crippen LogP contribution is -2.39. The molecule has 9 heteroatoms. The number of hydrogen-bond donors (Lipinski definition) is 2. The van der Waals surface area contributed by atoms with Gasteiger partial charge in [0.25, 0.3) is 11.8 Å². The lowest BCUT2D eigenvalue weighted by Gasteiger charge is -2.23. The Morgan fingerprint density at radius 2 is 1.72 bits per heavy atom. The van der Waals surface area contributed by atoms with Crippen molar-refractivity contribution in [2.24, 2.45) is 5.10 Å². The van der Waals surface area contributed by atoms with Crippen molar-refractivity contribution < 1.29 is 19.1 Å². The Morgan fingerprint density at radius 3 is 2.41 bits per heavy atom. The number of carbonyl (C=O) groups is 3. The summed E-state index contributed by atoms with van der Waals surface area (Å²) in [5, 5.41) is 7.30. The largest absolute Gasteiger partial charge is 0.464 e. The maximum atomic E-state index is 13.2. The molecule has 2 N–H and O–H groups in total. The first-order valence-corrected chi connectivity index (χ1v) is 14.1. The van der Waals surface area contributed by atoms with E-state index in [-0.39, 0.29) is 34.1 Å². The highest BCUT2D eigenvalue weighted by atomic mass is 32.1. The number of fused-ring (bicyclic) bond motifs is 1. The van der Waals surface area contributed by atoms with Crippen LogP contribution in [0.15, 0.2) is 47.6 Å². The third-order valence-electron chi connectivity index (χ3n) is 6.89. The van der Waals surface area contributed by atoms with Crippen LogP contribution in [0, 0.1) is 0 Å². The summed E-state index contributed by atoms with van der Waals surface area (Å²) in [4.78, 5) is 40.2. The number of rotatable bonds is 14. The number of thiocarbonyl (C=S) groups is 1. The summed E-state index contributed by atoms with van der Waals surface area (Å²) in [5.41, 5.74) is 5.41. The van der Waals surface area contributed by atoms with Gasteiger partial charge in [0, 0.05) is 11.7 Å². The maximum Gasteiger partial charge on any atom is 0.361 e. The lowest BCUT2D eigenvalue weighted by molar-refractivity contribution is -0.132. The van der Waals surface area contributed by atoms with E-state index in [0.29, 0.717) is 24.1 Å². The van der Waals surface area contributed by atoms with Crippen molar-refractivity contribution in [1.29, 1.82) is 0 Å². The molecule has 1 aliphatic rings. The number of anilines is 2. The van der Waals surface area contributed by atoms with Crippen molar-refractivity contribution in [3.8, 4) is 0 Å². The number of benzene rings is 2. The molecule has 1 aliphatic heterocycles. The van der Waals surface area contributed by atoms with Gasteiger partial charge in [-0.05, 0) is 55.5 Å². The number of hydrogen-bond acceptors (Lipinski definition) is 7. The maximum absolute atomic E-state index is 13.2. The third kappa shape index (κ3) is 7.29. The van der Waals surface area contributed by atoms with Gasteiger partial charge >= 0.3 is 5.97 Å². The Hall–Kier alpha value is -3.59. The van der Waals surface area contributed by atoms with Crippen molar-refractivity contribution in [2.45, 2.75) is 78.2 Å². The number of imide groups is 1. The molecule has 0 fully saturated rings. The zero-order chi connectivity index (χ0) is 28.4. The van der Waals surface area contributed by atoms with Gasteiger partial charge in [-0.25, -0.2) is 4.79 Å². The van der Waals surface area contributed by atoms with Crippen LogP contribution in [0.1, 0.15) is 92.0 Å². The molecule has 0 atom stereocenters. The van der Waals surface area contributed by atoms with Crippen LogP contribution in [0.3, 0.4) is 0 Å². The standard InChI is InChI=1S/C30H38N4O4S/c1-5-8-9-10-11-14-20-15-12-16-21(19-20)31-27(39)26(30(37)38-4)33-32-24-18-13-17-23-25(24)29(36)34(28(23)35)22(6-2)7-3/h12-13,15-19,22,32H,5-11,14H2,1-4H3,(H,31,39). The fourth-order valence-corrected chi connectivity index (χ4v) is 4.96. The topological polar surface area (TPSA) is 100 Å². The van der Waals surface area contributed by atoms with Gasteiger partial charge in [0.15, 0.2) is 0 Å². The Kier molecular flexibility index (Phi) is 11.2. The SMILES string of the molecule is CCCCCCCc1cccc(NC(=S)C(=NNc2cccc3c2C(=O)N(C(CC)CC)C3=O)C(=O)OC)c1. The number of nitrogens with zero attached hydrogens (tertiary/aromatic N) is 2. The molecule has 0 unspecified atom stereocenters. The van der Waals surface area contributed by atoms with Gasteiger partial charge in [0.1, 0.15) is 4.99 Å². The van der Waals surface area contributed by atoms with Gasteiger partial charge in [-0.3, -0.25) is 19.9 Å². The monoisotopic (exact) mass is 550 g/mol. The average Bonchev–Trinajstić information content (AvgIpc) is 3.19. The molecule has 2 aromatic carbocycles. The second-order valence-corrected chi connectivity index (χ2v) is 9.97. The summed E-state index contributed by atoms with van der Waals surface area (Å²) >= 11 is 5.51. The van der Waals surface area contributed by atoms with Crippen LogP contribution in [0.25, 0.3) is 0 Å². The molecule has 2 aromatic rings. The number of amides is 2. The van der Waals surface area contributed by atoms with E-state index in [4.69, 9.17) is 17.0 Å². The van der Waals surface area contributed by atoms with E-state index in [0.717, 1.165) is 18.5 Å². The summed E-state index contributed by atoms with van der Waals surface area (Å²) in [6.45, 7) is 6.09. The van der Waals surface area contributed by atoms with E-state index in [1.54, 1.807) is 18.2 Å². The zero-order valence-electron chi connectivity index (χ0n) is 23.2. The molecule has 0 aliphatic carbocycles. The van der Waals surface area contributed by atoms with Crippen molar-refractivity contribution >= 4 is 52.1 Å². The molecule has 208 valence electrons. The Morgan fingerprint density at radius 1 is 1.00 bits per heavy atom. The van der Waals surface area contributed by atoms with Crippen molar-refractivity contribution in [3.63, 3.8) is 0 Å². The van der Waals surface area contributed by atoms with E-state index in [1.807, 2.05) is 32.0 Å². The molecule has 0 bridgehead atoms. The highest BCUT2D eigenvalue weighted by Crippen LogP contribution is 2.32. The smallest absolute Gasteiger partial charge is 0.361 e. The number of unbranched alkanes of at least 4 members (excludes halogenated alkanes) is 4. The number of methoxy groups -OCH3 is 1. The van der Waals surface area contributed by atoms with E-state index >= 15 is 0 Å². The van der Waals surface area contributed by atoms with Gasteiger partial charge in [-0.15, -0.1) is 0 Å². The van der Waals surface area contributed by atoms with E-state index in [9.17, 15) is 14.4 Å². The van der Waals surface area contributed by atoms with Crippen molar-refractivity contribution in [2.75, 3.05) is 17.9 Å². The summed E-state index contributed by atoms with van der Waals surface area (Å²) in [6, 6.07) is 12.6. The fraction of sp³-hybridized carbons (Fsp3) is 0.433. The molecular formula is C30H38N4O4S. The lowest BCUT2D eigenvalue weighted by atomic mass is 10.1. The van der Waals surface area contributed by atoms with Crippen LogP contribution in [0.2, 0.25) is 0 Å². The van der Waals surface area contributed by atoms with Gasteiger partial charge < -0.3 is 10.1 Å². The molecule has 0 radical (unpaired) electrons. The van der Waals surface area contributed by atoms with E-state index < -0.39 is 5.97 Å². The summed E-state index contributed by atoms with van der Waals surface area (Å²) in [5.74, 6) is -1.44. The van der Waals surface area contributed by atoms with Gasteiger partial charge in [-0.1, -0.05) is 76.9 Å². The number of esters is 1. The summed E-state index contributed by atoms with van der Waals surface area (Å²) in [7, 11) is 1.25. The predicted octanol–water partition coefficient (Wildman–Crippen LogP) is 6.36. The number of hydrazone groups is 1. The van der Waals surface area contributed by atoms with Crippen LogP contribution in [0.5, 0.6) is 0 Å². The second-order valence-electron chi connectivity index (χ2n) is 9.56. The summed E-state index contributed by atoms with van der Waals surface area (Å²) in [6.07, 6.45) is 8.31. The highest BCUT2D eigenvalue weighted by molar-refractivity contribution is 7.82. The highest BCUT2D eigenvalue weighted by Gasteiger charge is 2.40. The molecule has 0 spiro atoms. The van der Waals surface area contributed by atoms with Crippen LogP contribution in [-0.2, 0) is 16.0 Å². The second kappa shape index (κ2) is 14.5. The van der Waals surface area contributed by atoms with Crippen LogP contribution >= 0.6 is 12.2 Å².